The van der Waals surface area contributed by atoms with Crippen molar-refractivity contribution in [2.45, 2.75) is 430 Å². The van der Waals surface area contributed by atoms with Crippen LogP contribution < -0.4 is 5.32 Å². The van der Waals surface area contributed by atoms with Crippen molar-refractivity contribution in [1.29, 1.82) is 0 Å². The highest BCUT2D eigenvalue weighted by molar-refractivity contribution is 7.88. The maximum atomic E-state index is 11.2. The van der Waals surface area contributed by atoms with Gasteiger partial charge in [0.2, 0.25) is 15.9 Å². The molecule has 1 amide bonds. The van der Waals surface area contributed by atoms with E-state index in [0.717, 1.165) is 104 Å². The van der Waals surface area contributed by atoms with Gasteiger partial charge in [0.15, 0.2) is 0 Å². The van der Waals surface area contributed by atoms with Gasteiger partial charge < -0.3 is 44.5 Å². The molecule has 117 heavy (non-hydrogen) atoms. The van der Waals surface area contributed by atoms with Crippen molar-refractivity contribution in [2.75, 3.05) is 171 Å². The lowest BCUT2D eigenvalue weighted by atomic mass is 10.1. The Morgan fingerprint density at radius 1 is 0.385 bits per heavy atom. The molecule has 708 valence electrons. The summed E-state index contributed by atoms with van der Waals surface area (Å²) in [5.41, 5.74) is 0.290. The third-order valence-electron chi connectivity index (χ3n) is 23.6. The topological polar surface area (TPSA) is 92.4 Å². The molecule has 0 spiro atoms. The van der Waals surface area contributed by atoms with Gasteiger partial charge in [0.1, 0.15) is 0 Å². The third kappa shape index (κ3) is 95.6. The van der Waals surface area contributed by atoms with Gasteiger partial charge in [-0.2, -0.15) is 0 Å². The second kappa shape index (κ2) is 80.9. The molecule has 13 nitrogen and oxygen atoms in total. The molecule has 5 rings (SSSR count). The van der Waals surface area contributed by atoms with Gasteiger partial charge in [-0.3, -0.25) is 4.79 Å². The Hall–Kier alpha value is -0.940. The van der Waals surface area contributed by atoms with E-state index in [0.29, 0.717) is 19.0 Å². The Labute approximate surface area is 739 Å². The first-order chi connectivity index (χ1) is 55.2. The van der Waals surface area contributed by atoms with E-state index in [1.165, 1.54) is 334 Å². The zero-order chi connectivity index (χ0) is 89.4. The zero-order valence-corrected chi connectivity index (χ0v) is 86.9. The van der Waals surface area contributed by atoms with Gasteiger partial charge in [0.05, 0.1) is 6.26 Å². The minimum absolute atomic E-state index is 0.201. The summed E-state index contributed by atoms with van der Waals surface area (Å²) in [6.07, 6.45) is 49.2. The molecule has 3 saturated carbocycles. The summed E-state index contributed by atoms with van der Waals surface area (Å²) in [5, 5.41) is 3.50. The van der Waals surface area contributed by atoms with Crippen LogP contribution in [-0.4, -0.2) is 240 Å². The number of nitrogens with one attached hydrogen (secondary N) is 1. The van der Waals surface area contributed by atoms with E-state index in [2.05, 4.69) is 227 Å². The molecule has 14 heteroatoms. The Morgan fingerprint density at radius 3 is 1.04 bits per heavy atom. The second-order valence-electron chi connectivity index (χ2n) is 41.7. The largest absolute Gasteiger partial charge is 0.343 e. The van der Waals surface area contributed by atoms with E-state index in [1.807, 2.05) is 18.7 Å². The molecule has 0 atom stereocenters. The van der Waals surface area contributed by atoms with E-state index in [9.17, 15) is 13.2 Å². The highest BCUT2D eigenvalue weighted by atomic mass is 32.2. The normalized spacial score (nSPS) is 15.5. The number of nitrogens with zero attached hydrogens (tertiary/aromatic N) is 9. The molecular weight excluding hydrogens is 1460 g/mol. The lowest BCUT2D eigenvalue weighted by Crippen LogP contribution is -2.44. The molecule has 2 saturated heterocycles. The third-order valence-corrected chi connectivity index (χ3v) is 24.9. The quantitative estimate of drug-likeness (QED) is 0.0590. The van der Waals surface area contributed by atoms with Crippen LogP contribution in [-0.2, 0) is 14.8 Å². The highest BCUT2D eigenvalue weighted by Crippen LogP contribution is 2.31. The fraction of sp³-hybridized carbons (Fsp3) is 0.990. The maximum absolute atomic E-state index is 11.2. The van der Waals surface area contributed by atoms with Crippen molar-refractivity contribution in [2.24, 2.45) is 65.1 Å². The van der Waals surface area contributed by atoms with Crippen molar-refractivity contribution < 1.29 is 13.2 Å². The van der Waals surface area contributed by atoms with Crippen LogP contribution in [0.1, 0.15) is 419 Å². The fourth-order valence-electron chi connectivity index (χ4n) is 14.8. The van der Waals surface area contributed by atoms with Crippen LogP contribution in [0.2, 0.25) is 0 Å². The number of likely N-dealkylation sites (tertiary alicyclic amines) is 1. The number of unbranched alkanes of at least 4 members (excludes halogenated alkanes) is 9. The minimum atomic E-state index is -2.98. The van der Waals surface area contributed by atoms with Gasteiger partial charge >= 0.3 is 0 Å². The lowest BCUT2D eigenvalue weighted by Gasteiger charge is -2.32. The fourth-order valence-corrected chi connectivity index (χ4v) is 15.7. The number of sulfonamides is 1. The van der Waals surface area contributed by atoms with Crippen molar-refractivity contribution >= 4 is 15.9 Å². The zero-order valence-electron chi connectivity index (χ0n) is 86.1. The van der Waals surface area contributed by atoms with E-state index in [1.54, 1.807) is 6.92 Å². The summed E-state index contributed by atoms with van der Waals surface area (Å²) >= 11 is 0. The summed E-state index contributed by atoms with van der Waals surface area (Å²) in [6, 6.07) is 0.962. The summed E-state index contributed by atoms with van der Waals surface area (Å²) in [4.78, 5) is 30.9. The van der Waals surface area contributed by atoms with Crippen LogP contribution in [0.25, 0.3) is 0 Å². The van der Waals surface area contributed by atoms with Gasteiger partial charge in [-0.25, -0.2) is 12.7 Å². The molecule has 0 aromatic rings. The summed E-state index contributed by atoms with van der Waals surface area (Å²) in [6.45, 7) is 90.0. The summed E-state index contributed by atoms with van der Waals surface area (Å²) in [7, 11) is 1.51. The maximum Gasteiger partial charge on any atom is 0.219 e. The van der Waals surface area contributed by atoms with E-state index >= 15 is 0 Å². The first kappa shape index (κ1) is 122. The Morgan fingerprint density at radius 2 is 0.718 bits per heavy atom. The van der Waals surface area contributed by atoms with E-state index in [-0.39, 0.29) is 11.4 Å². The summed E-state index contributed by atoms with van der Waals surface area (Å²) in [5.74, 6) is 9.96. The molecule has 0 unspecified atom stereocenters. The average molecular weight is 1680 g/mol. The molecule has 0 bridgehead atoms. The van der Waals surface area contributed by atoms with Crippen LogP contribution in [0, 0.1) is 65.1 Å². The van der Waals surface area contributed by atoms with Crippen molar-refractivity contribution in [3.8, 4) is 0 Å². The lowest BCUT2D eigenvalue weighted by molar-refractivity contribution is -0.128. The molecule has 2 aliphatic heterocycles. The molecule has 0 radical (unpaired) electrons. The number of carbonyl (C=O) groups excluding carboxylic acids is 1. The van der Waals surface area contributed by atoms with E-state index < -0.39 is 10.0 Å². The Kier molecular flexibility index (Phi) is 84.6. The number of carbonyl (C=O) groups is 1. The number of amides is 1. The number of likely N-dealkylation sites (N-methyl/N-ethyl adjacent to an activating group) is 1. The molecule has 0 aromatic heterocycles. The van der Waals surface area contributed by atoms with Crippen molar-refractivity contribution in [1.82, 2.24) is 48.8 Å². The van der Waals surface area contributed by atoms with Gasteiger partial charge in [0.25, 0.3) is 0 Å². The van der Waals surface area contributed by atoms with Gasteiger partial charge in [-0.1, -0.05) is 275 Å². The number of rotatable bonds is 57. The van der Waals surface area contributed by atoms with E-state index in [4.69, 9.17) is 0 Å². The number of hydrogen-bond acceptors (Lipinski definition) is 11. The molecule has 2 heterocycles. The molecular formula is C103H222N10O3S. The van der Waals surface area contributed by atoms with Gasteiger partial charge in [-0.05, 0) is 301 Å². The first-order valence-corrected chi connectivity index (χ1v) is 53.0. The predicted octanol–water partition coefficient (Wildman–Crippen LogP) is 26.1. The highest BCUT2D eigenvalue weighted by Gasteiger charge is 2.27. The standard InChI is InChI=1S/C13H27N.C12H26N2.2C12H25N.C11H23NO.C11H23N.2C11H25N.C10H23NO2S/c1-4-14(11-13-8-9-13)10-6-5-7-12(2)3;1-12(2)6-4-5-7-14-10-8-13(3)9-11-14;1-11(2)6-4-5-9-13(3)10-12-7-8-12;1-4-13(12-8-9-12)10-6-5-7-11(2)3;1-5-12(11(4)13)9-7-6-8-10(2)3;1-11(2)7-3-4-8-12-9-5-6-10-12;1-10(2)8-6-7-9-12-11(3,4)5;1-5-12(6-2)10-8-7-9-11(3)4;1-5-11(14(4,12)13)9-7-6-8-10(2)3/h12-13H,4-11H2,1-3H3;12H,4-11H2,1-3H3;2*11-12H,4-10H2,1-3H3;10H,5-9H2,1-4H3;11H,3-10H2,1-2H3;10,12H,6-9H2,1-5H3;11H,5-10H2,1-4H3;10H,5-9H2,1-4H3. The first-order valence-electron chi connectivity index (χ1n) is 51.1. The van der Waals surface area contributed by atoms with Gasteiger partial charge in [-0.15, -0.1) is 0 Å². The Balaban J connectivity index is -0.000000614. The van der Waals surface area contributed by atoms with Crippen LogP contribution in [0.15, 0.2) is 0 Å². The average Bonchev–Trinajstić information content (AvgIpc) is 1.74. The minimum Gasteiger partial charge on any atom is -0.343 e. The second-order valence-corrected chi connectivity index (χ2v) is 43.6. The monoisotopic (exact) mass is 1680 g/mol. The van der Waals surface area contributed by atoms with Crippen LogP contribution in [0.3, 0.4) is 0 Å². The number of hydrogen-bond donors (Lipinski definition) is 1. The molecule has 0 aromatic carbocycles. The number of piperazine rings is 1. The molecule has 5 aliphatic rings. The SMILES string of the molecule is CC(C)CCCCN(C)CC1CC1.CC(C)CCCCN1CCCC1.CC(C)CCCCN1CCN(C)CC1.CC(C)CCCCNC(C)(C)C.CCN(CC)CCCCC(C)C.CCN(CCCCC(C)C)C(C)=O.CCN(CCCCC(C)C)C1CC1.CCN(CCCCC(C)C)CC1CC1.CCN(CCCCC(C)C)S(C)(=O)=O. The summed E-state index contributed by atoms with van der Waals surface area (Å²) < 4.78 is 24.0. The Bertz CT molecular complexity index is 2130. The van der Waals surface area contributed by atoms with Crippen LogP contribution >= 0.6 is 0 Å². The van der Waals surface area contributed by atoms with Gasteiger partial charge in [0, 0.05) is 84.0 Å². The molecule has 1 N–H and O–H groups in total. The van der Waals surface area contributed by atoms with Crippen LogP contribution in [0.4, 0.5) is 0 Å². The molecule has 5 fully saturated rings. The smallest absolute Gasteiger partial charge is 0.219 e. The van der Waals surface area contributed by atoms with Crippen LogP contribution in [0.5, 0.6) is 0 Å². The van der Waals surface area contributed by atoms with Crippen molar-refractivity contribution in [3.63, 3.8) is 0 Å². The molecule has 3 aliphatic carbocycles. The predicted molar refractivity (Wildman–Crippen MR) is 529 cm³/mol. The van der Waals surface area contributed by atoms with Crippen molar-refractivity contribution in [3.05, 3.63) is 0 Å².